The van der Waals surface area contributed by atoms with Crippen LogP contribution in [-0.2, 0) is 5.75 Å². The van der Waals surface area contributed by atoms with Crippen molar-refractivity contribution in [1.29, 1.82) is 0 Å². The van der Waals surface area contributed by atoms with E-state index in [0.29, 0.717) is 27.1 Å². The lowest BCUT2D eigenvalue weighted by Gasteiger charge is -2.02. The number of thioether (sulfide) groups is 1. The molecule has 1 N–H and O–H groups in total. The first-order valence-electron chi connectivity index (χ1n) is 9.51. The van der Waals surface area contributed by atoms with E-state index >= 15 is 0 Å². The monoisotopic (exact) mass is 465 g/mol. The highest BCUT2D eigenvalue weighted by molar-refractivity contribution is 7.98. The fourth-order valence-corrected chi connectivity index (χ4v) is 5.36. The quantitative estimate of drug-likeness (QED) is 0.235. The fourth-order valence-electron chi connectivity index (χ4n) is 3.40. The molecule has 0 radical (unpaired) electrons. The molecule has 0 aliphatic heterocycles. The number of aromatic amines is 1. The summed E-state index contributed by atoms with van der Waals surface area (Å²) in [6, 6.07) is 19.2. The molecule has 0 saturated heterocycles. The Bertz CT molecular complexity index is 1420. The van der Waals surface area contributed by atoms with Crippen LogP contribution in [0, 0.1) is 6.92 Å². The molecule has 31 heavy (non-hydrogen) atoms. The van der Waals surface area contributed by atoms with Gasteiger partial charge >= 0.3 is 0 Å². The zero-order valence-electron chi connectivity index (χ0n) is 16.4. The summed E-state index contributed by atoms with van der Waals surface area (Å²) < 4.78 is 5.45. The largest absolute Gasteiger partial charge is 0.360 e. The van der Waals surface area contributed by atoms with Crippen LogP contribution >= 0.6 is 34.7 Å². The van der Waals surface area contributed by atoms with Gasteiger partial charge in [-0.1, -0.05) is 71.0 Å². The molecule has 8 heteroatoms. The molecule has 5 nitrogen and oxygen atoms in total. The van der Waals surface area contributed by atoms with Crippen molar-refractivity contribution in [2.75, 3.05) is 0 Å². The van der Waals surface area contributed by atoms with Crippen LogP contribution in [0.5, 0.6) is 0 Å². The third-order valence-corrected chi connectivity index (χ3v) is 6.98. The lowest BCUT2D eigenvalue weighted by atomic mass is 10.0. The molecular weight excluding hydrogens is 450 g/mol. The van der Waals surface area contributed by atoms with E-state index in [-0.39, 0.29) is 5.56 Å². The van der Waals surface area contributed by atoms with Crippen LogP contribution in [0.4, 0.5) is 0 Å². The first-order chi connectivity index (χ1) is 15.1. The van der Waals surface area contributed by atoms with Crippen LogP contribution in [0.3, 0.4) is 0 Å². The highest BCUT2D eigenvalue weighted by Gasteiger charge is 2.17. The predicted octanol–water partition coefficient (Wildman–Crippen LogP) is 6.56. The molecule has 2 aromatic carbocycles. The van der Waals surface area contributed by atoms with Crippen molar-refractivity contribution in [3.05, 3.63) is 86.7 Å². The van der Waals surface area contributed by atoms with Gasteiger partial charge in [0.2, 0.25) is 0 Å². The number of aryl methyl sites for hydroxylation is 1. The number of hydrogen-bond donors (Lipinski definition) is 1. The van der Waals surface area contributed by atoms with Gasteiger partial charge in [0.1, 0.15) is 16.3 Å². The van der Waals surface area contributed by atoms with Crippen LogP contribution in [0.1, 0.15) is 10.6 Å². The van der Waals surface area contributed by atoms with E-state index in [2.05, 4.69) is 15.1 Å². The summed E-state index contributed by atoms with van der Waals surface area (Å²) in [7, 11) is 0. The minimum absolute atomic E-state index is 0.130. The number of H-pyrrole nitrogens is 1. The summed E-state index contributed by atoms with van der Waals surface area (Å²) in [5.41, 5.74) is 3.52. The topological polar surface area (TPSA) is 71.8 Å². The van der Waals surface area contributed by atoms with E-state index in [4.69, 9.17) is 16.1 Å². The van der Waals surface area contributed by atoms with Gasteiger partial charge in [-0.3, -0.25) is 4.79 Å². The second-order valence-electron chi connectivity index (χ2n) is 6.92. The van der Waals surface area contributed by atoms with Crippen molar-refractivity contribution in [2.45, 2.75) is 17.8 Å². The smallest absolute Gasteiger partial charge is 0.260 e. The number of nitrogens with zero attached hydrogens (tertiary/aromatic N) is 2. The zero-order chi connectivity index (χ0) is 21.4. The van der Waals surface area contributed by atoms with Gasteiger partial charge in [0.15, 0.2) is 5.16 Å². The van der Waals surface area contributed by atoms with Gasteiger partial charge in [-0.05, 0) is 24.6 Å². The molecular formula is C23H16ClN3O2S2. The second kappa shape index (κ2) is 8.34. The summed E-state index contributed by atoms with van der Waals surface area (Å²) in [5.74, 6) is 1.20. The van der Waals surface area contributed by atoms with Crippen molar-refractivity contribution in [3.63, 3.8) is 0 Å². The second-order valence-corrected chi connectivity index (χ2v) is 9.53. The van der Waals surface area contributed by atoms with Crippen LogP contribution in [0.15, 0.2) is 75.1 Å². The van der Waals surface area contributed by atoms with Crippen molar-refractivity contribution >= 4 is 44.9 Å². The first-order valence-corrected chi connectivity index (χ1v) is 11.7. The highest BCUT2D eigenvalue weighted by Crippen LogP contribution is 2.36. The number of benzene rings is 2. The zero-order valence-corrected chi connectivity index (χ0v) is 18.8. The van der Waals surface area contributed by atoms with Gasteiger partial charge in [-0.2, -0.15) is 0 Å². The maximum absolute atomic E-state index is 12.9. The Morgan fingerprint density at radius 1 is 1.10 bits per heavy atom. The maximum atomic E-state index is 12.9. The molecule has 3 aromatic heterocycles. The van der Waals surface area contributed by atoms with Gasteiger partial charge in [0, 0.05) is 27.1 Å². The minimum Gasteiger partial charge on any atom is -0.360 e. The predicted molar refractivity (Wildman–Crippen MR) is 127 cm³/mol. The number of nitrogens with one attached hydrogen (secondary N) is 1. The summed E-state index contributed by atoms with van der Waals surface area (Å²) in [4.78, 5) is 22.3. The average Bonchev–Trinajstić information content (AvgIpc) is 3.37. The van der Waals surface area contributed by atoms with Crippen LogP contribution < -0.4 is 5.56 Å². The molecule has 0 amide bonds. The molecule has 154 valence electrons. The van der Waals surface area contributed by atoms with E-state index in [1.807, 2.05) is 67.6 Å². The minimum atomic E-state index is -0.130. The molecule has 0 spiro atoms. The van der Waals surface area contributed by atoms with Crippen LogP contribution in [-0.4, -0.2) is 15.1 Å². The molecule has 5 rings (SSSR count). The molecule has 0 fully saturated rings. The van der Waals surface area contributed by atoms with Gasteiger partial charge in [-0.25, -0.2) is 4.98 Å². The number of aromatic nitrogens is 3. The van der Waals surface area contributed by atoms with E-state index in [9.17, 15) is 4.79 Å². The number of fused-ring (bicyclic) bond motifs is 1. The Labute approximate surface area is 191 Å². The molecule has 0 aliphatic carbocycles. The SMILES string of the molecule is Cc1sc2nc(SCc3cc(-c4ccc(Cl)cc4)no3)[nH]c(=O)c2c1-c1ccccc1. The van der Waals surface area contributed by atoms with Crippen molar-refractivity contribution in [2.24, 2.45) is 0 Å². The Morgan fingerprint density at radius 2 is 1.87 bits per heavy atom. The number of thiophene rings is 1. The highest BCUT2D eigenvalue weighted by atomic mass is 35.5. The molecule has 3 heterocycles. The first kappa shape index (κ1) is 20.1. The van der Waals surface area contributed by atoms with E-state index in [1.165, 1.54) is 23.1 Å². The number of rotatable bonds is 5. The summed E-state index contributed by atoms with van der Waals surface area (Å²) in [6.45, 7) is 2.02. The molecule has 0 saturated carbocycles. The Balaban J connectivity index is 1.40. The Hall–Kier alpha value is -2.87. The third-order valence-electron chi connectivity index (χ3n) is 4.83. The Morgan fingerprint density at radius 3 is 2.65 bits per heavy atom. The molecule has 0 bridgehead atoms. The summed E-state index contributed by atoms with van der Waals surface area (Å²) >= 11 is 8.88. The van der Waals surface area contributed by atoms with Crippen molar-refractivity contribution in [3.8, 4) is 22.4 Å². The van der Waals surface area contributed by atoms with Gasteiger partial charge in [0.05, 0.1) is 11.1 Å². The van der Waals surface area contributed by atoms with E-state index in [0.717, 1.165) is 32.1 Å². The van der Waals surface area contributed by atoms with Gasteiger partial charge in [-0.15, -0.1) is 11.3 Å². The lowest BCUT2D eigenvalue weighted by molar-refractivity contribution is 0.397. The molecule has 0 aliphatic rings. The average molecular weight is 466 g/mol. The fraction of sp³-hybridized carbons (Fsp3) is 0.0870. The van der Waals surface area contributed by atoms with E-state index < -0.39 is 0 Å². The van der Waals surface area contributed by atoms with Gasteiger partial charge < -0.3 is 9.51 Å². The van der Waals surface area contributed by atoms with Gasteiger partial charge in [0.25, 0.3) is 5.56 Å². The number of halogens is 1. The summed E-state index contributed by atoms with van der Waals surface area (Å²) in [5, 5.41) is 6.00. The Kier molecular flexibility index (Phi) is 5.40. The molecule has 5 aromatic rings. The normalized spacial score (nSPS) is 11.3. The molecule has 0 unspecified atom stereocenters. The van der Waals surface area contributed by atoms with Crippen molar-refractivity contribution in [1.82, 2.24) is 15.1 Å². The lowest BCUT2D eigenvalue weighted by Crippen LogP contribution is -2.08. The summed E-state index contributed by atoms with van der Waals surface area (Å²) in [6.07, 6.45) is 0. The van der Waals surface area contributed by atoms with Crippen LogP contribution in [0.2, 0.25) is 5.02 Å². The van der Waals surface area contributed by atoms with E-state index in [1.54, 1.807) is 0 Å². The van der Waals surface area contributed by atoms with Crippen LogP contribution in [0.25, 0.3) is 32.6 Å². The van der Waals surface area contributed by atoms with Crippen molar-refractivity contribution < 1.29 is 4.52 Å². The third kappa shape index (κ3) is 4.04. The number of hydrogen-bond acceptors (Lipinski definition) is 6. The standard InChI is InChI=1S/C23H16ClN3O2S2/c1-13-19(15-5-3-2-4-6-15)20-21(28)25-23(26-22(20)31-13)30-12-17-11-18(27-29-17)14-7-9-16(24)10-8-14/h2-11H,12H2,1H3,(H,25,26,28). The maximum Gasteiger partial charge on any atom is 0.260 e. The molecule has 0 atom stereocenters.